The Labute approximate surface area is 142 Å². The van der Waals surface area contributed by atoms with Crippen LogP contribution in [0.3, 0.4) is 0 Å². The minimum absolute atomic E-state index is 0.0909. The molecule has 0 aliphatic carbocycles. The quantitative estimate of drug-likeness (QED) is 0.824. The Kier molecular flexibility index (Phi) is 6.10. The highest BCUT2D eigenvalue weighted by molar-refractivity contribution is 9.10. The third kappa shape index (κ3) is 4.93. The highest BCUT2D eigenvalue weighted by Gasteiger charge is 2.06. The lowest BCUT2D eigenvalue weighted by Gasteiger charge is -2.09. The Morgan fingerprint density at radius 3 is 2.64 bits per heavy atom. The van der Waals surface area contributed by atoms with Gasteiger partial charge in [-0.3, -0.25) is 4.79 Å². The van der Waals surface area contributed by atoms with E-state index in [1.165, 1.54) is 0 Å². The largest absolute Gasteiger partial charge is 0.497 e. The van der Waals surface area contributed by atoms with E-state index in [2.05, 4.69) is 21.2 Å². The molecule has 2 rings (SSSR count). The monoisotopic (exact) mass is 383 g/mol. The van der Waals surface area contributed by atoms with Crippen molar-refractivity contribution in [1.29, 1.82) is 0 Å². The average Bonchev–Trinajstić information content (AvgIpc) is 2.54. The third-order valence-electron chi connectivity index (χ3n) is 2.90. The molecule has 0 spiro atoms. The fourth-order valence-electron chi connectivity index (χ4n) is 1.73. The summed E-state index contributed by atoms with van der Waals surface area (Å²) in [5.41, 5.74) is 0.981. The summed E-state index contributed by atoms with van der Waals surface area (Å²) >= 11 is 9.32. The molecule has 0 fully saturated rings. The highest BCUT2D eigenvalue weighted by atomic mass is 79.9. The van der Waals surface area contributed by atoms with Crippen LogP contribution in [0.1, 0.15) is 5.56 Å². The molecule has 1 N–H and O–H groups in total. The molecule has 0 saturated heterocycles. The molecule has 0 aliphatic rings. The fraction of sp³-hybridized carbons (Fsp3) is 0.188. The van der Waals surface area contributed by atoms with Crippen LogP contribution in [0.2, 0.25) is 5.02 Å². The molecule has 4 nitrogen and oxygen atoms in total. The topological polar surface area (TPSA) is 47.6 Å². The lowest BCUT2D eigenvalue weighted by Crippen LogP contribution is -2.28. The summed E-state index contributed by atoms with van der Waals surface area (Å²) in [6.45, 7) is 0.338. The minimum Gasteiger partial charge on any atom is -0.497 e. The lowest BCUT2D eigenvalue weighted by atomic mass is 10.2. The van der Waals surface area contributed by atoms with Gasteiger partial charge in [-0.1, -0.05) is 39.7 Å². The van der Waals surface area contributed by atoms with Gasteiger partial charge in [0.25, 0.3) is 5.91 Å². The Bertz CT molecular complexity index is 646. The van der Waals surface area contributed by atoms with Gasteiger partial charge in [-0.05, 0) is 35.9 Å². The second-order valence-electron chi connectivity index (χ2n) is 4.49. The number of benzene rings is 2. The first kappa shape index (κ1) is 16.6. The first-order chi connectivity index (χ1) is 10.6. The summed E-state index contributed by atoms with van der Waals surface area (Å²) in [5.74, 6) is 1.03. The molecule has 0 aliphatic heterocycles. The van der Waals surface area contributed by atoms with Gasteiger partial charge in [0.1, 0.15) is 11.5 Å². The van der Waals surface area contributed by atoms with Gasteiger partial charge in [0.05, 0.1) is 12.1 Å². The number of amides is 1. The van der Waals surface area contributed by atoms with E-state index in [0.29, 0.717) is 17.3 Å². The summed E-state index contributed by atoms with van der Waals surface area (Å²) in [6.07, 6.45) is 0. The van der Waals surface area contributed by atoms with Gasteiger partial charge >= 0.3 is 0 Å². The molecule has 2 aromatic carbocycles. The summed E-state index contributed by atoms with van der Waals surface area (Å²) in [4.78, 5) is 11.8. The van der Waals surface area contributed by atoms with Crippen molar-refractivity contribution in [2.24, 2.45) is 0 Å². The maximum Gasteiger partial charge on any atom is 0.258 e. The SMILES string of the molecule is COc1ccc(CNC(=O)COc2cc(Br)ccc2Cl)cc1. The van der Waals surface area contributed by atoms with Crippen molar-refractivity contribution in [1.82, 2.24) is 5.32 Å². The summed E-state index contributed by atoms with van der Waals surface area (Å²) in [5, 5.41) is 3.25. The van der Waals surface area contributed by atoms with Crippen molar-refractivity contribution in [3.05, 3.63) is 57.5 Å². The lowest BCUT2D eigenvalue weighted by molar-refractivity contribution is -0.123. The second kappa shape index (κ2) is 8.06. The highest BCUT2D eigenvalue weighted by Crippen LogP contribution is 2.27. The van der Waals surface area contributed by atoms with Crippen molar-refractivity contribution in [3.8, 4) is 11.5 Å². The zero-order chi connectivity index (χ0) is 15.9. The van der Waals surface area contributed by atoms with Crippen LogP contribution in [0.5, 0.6) is 11.5 Å². The second-order valence-corrected chi connectivity index (χ2v) is 5.81. The Morgan fingerprint density at radius 2 is 1.95 bits per heavy atom. The van der Waals surface area contributed by atoms with Crippen LogP contribution in [-0.2, 0) is 11.3 Å². The predicted molar refractivity (Wildman–Crippen MR) is 89.5 cm³/mol. The number of carbonyl (C=O) groups excluding carboxylic acids is 1. The number of hydrogen-bond donors (Lipinski definition) is 1. The molecule has 1 amide bonds. The number of hydrogen-bond acceptors (Lipinski definition) is 3. The number of methoxy groups -OCH3 is 1. The molecule has 0 radical (unpaired) electrons. The summed E-state index contributed by atoms with van der Waals surface area (Å²) in [7, 11) is 1.61. The third-order valence-corrected chi connectivity index (χ3v) is 3.71. The van der Waals surface area contributed by atoms with Gasteiger partial charge in [-0.15, -0.1) is 0 Å². The Morgan fingerprint density at radius 1 is 1.23 bits per heavy atom. The molecule has 0 saturated carbocycles. The summed E-state index contributed by atoms with van der Waals surface area (Å²) < 4.78 is 11.3. The van der Waals surface area contributed by atoms with E-state index in [1.54, 1.807) is 25.3 Å². The van der Waals surface area contributed by atoms with Gasteiger partial charge in [0.15, 0.2) is 6.61 Å². The molecule has 0 aromatic heterocycles. The molecule has 0 atom stereocenters. The fourth-order valence-corrected chi connectivity index (χ4v) is 2.24. The van der Waals surface area contributed by atoms with Crippen molar-refractivity contribution >= 4 is 33.4 Å². The Hall–Kier alpha value is -1.72. The number of ether oxygens (including phenoxy) is 2. The maximum atomic E-state index is 11.8. The predicted octanol–water partition coefficient (Wildman–Crippen LogP) is 3.81. The van der Waals surface area contributed by atoms with Crippen LogP contribution in [0, 0.1) is 0 Å². The zero-order valence-electron chi connectivity index (χ0n) is 11.9. The van der Waals surface area contributed by atoms with Crippen molar-refractivity contribution in [2.45, 2.75) is 6.54 Å². The van der Waals surface area contributed by atoms with E-state index >= 15 is 0 Å². The molecule has 2 aromatic rings. The maximum absolute atomic E-state index is 11.8. The van der Waals surface area contributed by atoms with Crippen molar-refractivity contribution in [2.75, 3.05) is 13.7 Å². The summed E-state index contributed by atoms with van der Waals surface area (Å²) in [6, 6.07) is 12.7. The average molecular weight is 385 g/mol. The normalized spacial score (nSPS) is 10.1. The van der Waals surface area contributed by atoms with E-state index in [0.717, 1.165) is 15.8 Å². The van der Waals surface area contributed by atoms with Crippen LogP contribution in [-0.4, -0.2) is 19.6 Å². The molecular formula is C16H15BrClNO3. The molecule has 0 unspecified atom stereocenters. The Balaban J connectivity index is 1.81. The van der Waals surface area contributed by atoms with E-state index in [1.807, 2.05) is 24.3 Å². The standard InChI is InChI=1S/C16H15BrClNO3/c1-21-13-5-2-11(3-6-13)9-19-16(20)10-22-15-8-12(17)4-7-14(15)18/h2-8H,9-10H2,1H3,(H,19,20). The van der Waals surface area contributed by atoms with Gasteiger partial charge in [-0.25, -0.2) is 0 Å². The smallest absolute Gasteiger partial charge is 0.258 e. The zero-order valence-corrected chi connectivity index (χ0v) is 14.3. The van der Waals surface area contributed by atoms with Crippen LogP contribution in [0.25, 0.3) is 0 Å². The van der Waals surface area contributed by atoms with Crippen LogP contribution >= 0.6 is 27.5 Å². The van der Waals surface area contributed by atoms with E-state index in [9.17, 15) is 4.79 Å². The van der Waals surface area contributed by atoms with Crippen molar-refractivity contribution in [3.63, 3.8) is 0 Å². The first-order valence-corrected chi connectivity index (χ1v) is 7.73. The van der Waals surface area contributed by atoms with Crippen molar-refractivity contribution < 1.29 is 14.3 Å². The number of halogens is 2. The van der Waals surface area contributed by atoms with Gasteiger partial charge < -0.3 is 14.8 Å². The first-order valence-electron chi connectivity index (χ1n) is 6.56. The van der Waals surface area contributed by atoms with E-state index in [-0.39, 0.29) is 12.5 Å². The van der Waals surface area contributed by atoms with Gasteiger partial charge in [-0.2, -0.15) is 0 Å². The van der Waals surface area contributed by atoms with Gasteiger partial charge in [0.2, 0.25) is 0 Å². The molecular weight excluding hydrogens is 370 g/mol. The molecule has 6 heteroatoms. The van der Waals surface area contributed by atoms with Gasteiger partial charge in [0, 0.05) is 11.0 Å². The number of rotatable bonds is 6. The molecule has 0 bridgehead atoms. The van der Waals surface area contributed by atoms with E-state index in [4.69, 9.17) is 21.1 Å². The van der Waals surface area contributed by atoms with Crippen LogP contribution in [0.15, 0.2) is 46.9 Å². The molecule has 116 valence electrons. The molecule has 0 heterocycles. The minimum atomic E-state index is -0.216. The number of nitrogens with one attached hydrogen (secondary N) is 1. The van der Waals surface area contributed by atoms with Crippen LogP contribution < -0.4 is 14.8 Å². The molecule has 22 heavy (non-hydrogen) atoms. The number of carbonyl (C=O) groups is 1. The van der Waals surface area contributed by atoms with E-state index < -0.39 is 0 Å². The van der Waals surface area contributed by atoms with Crippen LogP contribution in [0.4, 0.5) is 0 Å².